The lowest BCUT2D eigenvalue weighted by Crippen LogP contribution is -2.40. The smallest absolute Gasteiger partial charge is 0.257 e. The normalized spacial score (nSPS) is 15.7. The summed E-state index contributed by atoms with van der Waals surface area (Å²) in [4.78, 5) is 12.5. The fourth-order valence-electron chi connectivity index (χ4n) is 2.91. The zero-order valence-electron chi connectivity index (χ0n) is 15.8. The highest BCUT2D eigenvalue weighted by Crippen LogP contribution is 2.32. The highest BCUT2D eigenvalue weighted by atomic mass is 35.5. The predicted molar refractivity (Wildman–Crippen MR) is 114 cm³/mol. The molecule has 1 N–H and O–H groups in total. The summed E-state index contributed by atoms with van der Waals surface area (Å²) in [5.74, 6) is -0.772. The molecule has 0 unspecified atom stereocenters. The third-order valence-electron chi connectivity index (χ3n) is 4.39. The number of carbonyl (C=O) groups excluding carboxylic acids is 1. The van der Waals surface area contributed by atoms with Crippen LogP contribution in [0.3, 0.4) is 0 Å². The maximum atomic E-state index is 13.0. The van der Waals surface area contributed by atoms with Gasteiger partial charge in [0.05, 0.1) is 39.4 Å². The van der Waals surface area contributed by atoms with Gasteiger partial charge in [-0.3, -0.25) is 4.79 Å². The molecule has 3 rings (SSSR count). The first-order chi connectivity index (χ1) is 14.0. The van der Waals surface area contributed by atoms with Crippen molar-refractivity contribution in [3.05, 3.63) is 52.0 Å². The summed E-state index contributed by atoms with van der Waals surface area (Å²) in [6.07, 6.45) is 1.01. The van der Waals surface area contributed by atoms with Gasteiger partial charge in [-0.15, -0.1) is 0 Å². The van der Waals surface area contributed by atoms with Crippen LogP contribution in [0.15, 0.2) is 46.2 Å². The summed E-state index contributed by atoms with van der Waals surface area (Å²) in [5, 5.41) is 2.28. The molecule has 0 radical (unpaired) electrons. The largest absolute Gasteiger partial charge is 0.379 e. The molecule has 1 aliphatic rings. The number of amides is 1. The number of nitrogens with zero attached hydrogens (tertiary/aromatic N) is 1. The van der Waals surface area contributed by atoms with Gasteiger partial charge in [-0.2, -0.15) is 4.31 Å². The average molecular weight is 493 g/mol. The standard InChI is InChI=1S/C18H18Cl2N2O6S2/c1-29(24,25)16-5-3-2-4-15(16)21-18(23)12-10-17(14(20)11-13(12)19)30(26,27)22-6-8-28-9-7-22/h2-5,10-11H,6-9H2,1H3,(H,21,23). The third kappa shape index (κ3) is 4.79. The molecule has 1 aliphatic heterocycles. The molecule has 1 saturated heterocycles. The van der Waals surface area contributed by atoms with E-state index in [2.05, 4.69) is 5.32 Å². The number of anilines is 1. The maximum absolute atomic E-state index is 13.0. The molecule has 2 aromatic rings. The van der Waals surface area contributed by atoms with Gasteiger partial charge in [0, 0.05) is 19.3 Å². The van der Waals surface area contributed by atoms with Crippen LogP contribution in [0.5, 0.6) is 0 Å². The van der Waals surface area contributed by atoms with Gasteiger partial charge in [0.15, 0.2) is 9.84 Å². The molecule has 162 valence electrons. The van der Waals surface area contributed by atoms with Crippen molar-refractivity contribution < 1.29 is 26.4 Å². The number of sulfonamides is 1. The number of sulfone groups is 1. The highest BCUT2D eigenvalue weighted by Gasteiger charge is 2.30. The van der Waals surface area contributed by atoms with Crippen molar-refractivity contribution in [3.8, 4) is 0 Å². The molecule has 0 aliphatic carbocycles. The van der Waals surface area contributed by atoms with Crippen molar-refractivity contribution in [2.24, 2.45) is 0 Å². The number of hydrogen-bond acceptors (Lipinski definition) is 6. The summed E-state index contributed by atoms with van der Waals surface area (Å²) in [6, 6.07) is 8.12. The van der Waals surface area contributed by atoms with E-state index < -0.39 is 25.8 Å². The topological polar surface area (TPSA) is 110 Å². The van der Waals surface area contributed by atoms with E-state index in [1.165, 1.54) is 28.6 Å². The van der Waals surface area contributed by atoms with E-state index in [1.807, 2.05) is 0 Å². The Kier molecular flexibility index (Phi) is 6.75. The molecule has 0 aromatic heterocycles. The predicted octanol–water partition coefficient (Wildman–Crippen LogP) is 2.67. The van der Waals surface area contributed by atoms with Crippen LogP contribution < -0.4 is 5.32 Å². The Morgan fingerprint density at radius 2 is 1.63 bits per heavy atom. The molecule has 0 bridgehead atoms. The van der Waals surface area contributed by atoms with Crippen LogP contribution in [0.2, 0.25) is 10.0 Å². The van der Waals surface area contributed by atoms with Crippen molar-refractivity contribution in [3.63, 3.8) is 0 Å². The minimum Gasteiger partial charge on any atom is -0.379 e. The van der Waals surface area contributed by atoms with Crippen molar-refractivity contribution in [1.82, 2.24) is 4.31 Å². The Balaban J connectivity index is 2.00. The number of nitrogens with one attached hydrogen (secondary N) is 1. The molecule has 0 saturated carbocycles. The Labute approximate surface area is 184 Å². The van der Waals surface area contributed by atoms with Crippen molar-refractivity contribution in [2.45, 2.75) is 9.79 Å². The van der Waals surface area contributed by atoms with Gasteiger partial charge in [0.2, 0.25) is 10.0 Å². The summed E-state index contributed by atoms with van der Waals surface area (Å²) in [5.41, 5.74) is -0.107. The number of rotatable bonds is 5. The van der Waals surface area contributed by atoms with Gasteiger partial charge < -0.3 is 10.1 Å². The number of morpholine rings is 1. The number of carbonyl (C=O) groups is 1. The van der Waals surface area contributed by atoms with E-state index in [0.29, 0.717) is 0 Å². The summed E-state index contributed by atoms with van der Waals surface area (Å²) in [6.45, 7) is 0.815. The number of hydrogen-bond donors (Lipinski definition) is 1. The SMILES string of the molecule is CS(=O)(=O)c1ccccc1NC(=O)c1cc(S(=O)(=O)N2CCOCC2)c(Cl)cc1Cl. The highest BCUT2D eigenvalue weighted by molar-refractivity contribution is 7.91. The fraction of sp³-hybridized carbons (Fsp3) is 0.278. The number of halogens is 2. The number of ether oxygens (including phenoxy) is 1. The zero-order valence-corrected chi connectivity index (χ0v) is 18.9. The van der Waals surface area contributed by atoms with E-state index >= 15 is 0 Å². The monoisotopic (exact) mass is 492 g/mol. The van der Waals surface area contributed by atoms with Gasteiger partial charge in [-0.25, -0.2) is 16.8 Å². The maximum Gasteiger partial charge on any atom is 0.257 e. The molecule has 8 nitrogen and oxygen atoms in total. The van der Waals surface area contributed by atoms with Crippen LogP contribution >= 0.6 is 23.2 Å². The molecule has 1 heterocycles. The van der Waals surface area contributed by atoms with E-state index in [0.717, 1.165) is 12.3 Å². The summed E-state index contributed by atoms with van der Waals surface area (Å²) < 4.78 is 56.2. The number of benzene rings is 2. The van der Waals surface area contributed by atoms with E-state index in [4.69, 9.17) is 27.9 Å². The molecular weight excluding hydrogens is 475 g/mol. The first-order valence-corrected chi connectivity index (χ1v) is 12.8. The van der Waals surface area contributed by atoms with Crippen LogP contribution in [-0.2, 0) is 24.6 Å². The van der Waals surface area contributed by atoms with E-state index in [1.54, 1.807) is 6.07 Å². The fourth-order valence-corrected chi connectivity index (χ4v) is 6.00. The van der Waals surface area contributed by atoms with Crippen LogP contribution in [0.4, 0.5) is 5.69 Å². The van der Waals surface area contributed by atoms with Crippen molar-refractivity contribution in [2.75, 3.05) is 37.9 Å². The Bertz CT molecular complexity index is 1190. The average Bonchev–Trinajstić information content (AvgIpc) is 2.68. The lowest BCUT2D eigenvalue weighted by molar-refractivity contribution is 0.0730. The van der Waals surface area contributed by atoms with Crippen molar-refractivity contribution in [1.29, 1.82) is 0 Å². The zero-order chi connectivity index (χ0) is 22.1. The van der Waals surface area contributed by atoms with Crippen LogP contribution in [0.1, 0.15) is 10.4 Å². The summed E-state index contributed by atoms with van der Waals surface area (Å²) >= 11 is 12.3. The lowest BCUT2D eigenvalue weighted by Gasteiger charge is -2.26. The molecular formula is C18H18Cl2N2O6S2. The Morgan fingerprint density at radius 3 is 2.27 bits per heavy atom. The lowest BCUT2D eigenvalue weighted by atomic mass is 10.2. The van der Waals surface area contributed by atoms with Crippen LogP contribution in [-0.4, -0.2) is 59.6 Å². The van der Waals surface area contributed by atoms with E-state index in [9.17, 15) is 21.6 Å². The van der Waals surface area contributed by atoms with Gasteiger partial charge in [-0.05, 0) is 24.3 Å². The molecule has 1 amide bonds. The van der Waals surface area contributed by atoms with Gasteiger partial charge in [0.25, 0.3) is 5.91 Å². The Hall–Kier alpha value is -1.69. The first kappa shape index (κ1) is 23.0. The molecule has 1 fully saturated rings. The van der Waals surface area contributed by atoms with Gasteiger partial charge in [-0.1, -0.05) is 35.3 Å². The first-order valence-electron chi connectivity index (χ1n) is 8.69. The third-order valence-corrected chi connectivity index (χ3v) is 8.22. The molecule has 0 atom stereocenters. The molecule has 30 heavy (non-hydrogen) atoms. The van der Waals surface area contributed by atoms with Crippen LogP contribution in [0, 0.1) is 0 Å². The van der Waals surface area contributed by atoms with Crippen molar-refractivity contribution >= 4 is 54.7 Å². The Morgan fingerprint density at radius 1 is 1.00 bits per heavy atom. The van der Waals surface area contributed by atoms with E-state index in [-0.39, 0.29) is 57.4 Å². The van der Waals surface area contributed by atoms with Crippen LogP contribution in [0.25, 0.3) is 0 Å². The van der Waals surface area contributed by atoms with Gasteiger partial charge >= 0.3 is 0 Å². The molecule has 0 spiro atoms. The second kappa shape index (κ2) is 8.81. The summed E-state index contributed by atoms with van der Waals surface area (Å²) in [7, 11) is -7.59. The quantitative estimate of drug-likeness (QED) is 0.686. The second-order valence-electron chi connectivity index (χ2n) is 6.50. The van der Waals surface area contributed by atoms with Gasteiger partial charge in [0.1, 0.15) is 4.90 Å². The number of para-hydroxylation sites is 1. The minimum absolute atomic E-state index is 0.0496. The molecule has 12 heteroatoms. The minimum atomic E-state index is -3.98. The molecule has 2 aromatic carbocycles. The second-order valence-corrected chi connectivity index (χ2v) is 11.2.